The van der Waals surface area contributed by atoms with Gasteiger partial charge in [0.05, 0.1) is 5.56 Å². The highest BCUT2D eigenvalue weighted by Crippen LogP contribution is 2.32. The van der Waals surface area contributed by atoms with Crippen LogP contribution in [-0.2, 0) is 4.79 Å². The third kappa shape index (κ3) is 2.13. The molecule has 0 radical (unpaired) electrons. The summed E-state index contributed by atoms with van der Waals surface area (Å²) in [7, 11) is 0. The maximum atomic E-state index is 12.5. The van der Waals surface area contributed by atoms with Crippen molar-refractivity contribution in [1.82, 2.24) is 10.2 Å². The Balaban J connectivity index is 1.56. The van der Waals surface area contributed by atoms with Crippen molar-refractivity contribution in [3.8, 4) is 0 Å². The maximum absolute atomic E-state index is 12.5. The number of piperidine rings is 3. The van der Waals surface area contributed by atoms with Crippen LogP contribution in [0.5, 0.6) is 0 Å². The molecule has 114 valence electrons. The fraction of sp³-hybridized carbons (Fsp3) is 0.412. The lowest BCUT2D eigenvalue weighted by Gasteiger charge is -2.48. The standard InChI is InChI=1S/C17H18N2O3/c20-15(13-11-22-14-4-2-1-3-12(13)14)16(21)18-17-5-8-19(9-6-17)10-7-17/h1-4,11H,5-10H2,(H,18,21). The van der Waals surface area contributed by atoms with E-state index >= 15 is 0 Å². The number of fused-ring (bicyclic) bond motifs is 4. The van der Waals surface area contributed by atoms with Crippen molar-refractivity contribution in [2.45, 2.75) is 24.8 Å². The molecule has 3 fully saturated rings. The van der Waals surface area contributed by atoms with Gasteiger partial charge in [0, 0.05) is 30.6 Å². The number of hydrogen-bond acceptors (Lipinski definition) is 4. The van der Waals surface area contributed by atoms with Crippen molar-refractivity contribution in [2.75, 3.05) is 19.6 Å². The second kappa shape index (κ2) is 4.95. The fourth-order valence-electron chi connectivity index (χ4n) is 3.59. The number of hydrogen-bond donors (Lipinski definition) is 1. The van der Waals surface area contributed by atoms with E-state index in [0.717, 1.165) is 38.9 Å². The summed E-state index contributed by atoms with van der Waals surface area (Å²) >= 11 is 0. The van der Waals surface area contributed by atoms with Gasteiger partial charge in [0.1, 0.15) is 11.8 Å². The quantitative estimate of drug-likeness (QED) is 0.695. The van der Waals surface area contributed by atoms with Crippen LogP contribution in [0.1, 0.15) is 29.6 Å². The summed E-state index contributed by atoms with van der Waals surface area (Å²) < 4.78 is 5.36. The third-order valence-electron chi connectivity index (χ3n) is 5.03. The van der Waals surface area contributed by atoms with E-state index in [1.165, 1.54) is 6.26 Å². The zero-order valence-corrected chi connectivity index (χ0v) is 12.3. The van der Waals surface area contributed by atoms with Gasteiger partial charge in [-0.3, -0.25) is 9.59 Å². The van der Waals surface area contributed by atoms with Crippen LogP contribution < -0.4 is 5.32 Å². The van der Waals surface area contributed by atoms with Gasteiger partial charge in [-0.25, -0.2) is 0 Å². The van der Waals surface area contributed by atoms with Crippen molar-refractivity contribution in [1.29, 1.82) is 0 Å². The molecular weight excluding hydrogens is 280 g/mol. The summed E-state index contributed by atoms with van der Waals surface area (Å²) in [5.41, 5.74) is 0.779. The molecule has 4 heterocycles. The van der Waals surface area contributed by atoms with E-state index in [1.807, 2.05) is 12.1 Å². The number of carbonyl (C=O) groups is 2. The summed E-state index contributed by atoms with van der Waals surface area (Å²) in [4.78, 5) is 27.3. The first kappa shape index (κ1) is 13.5. The number of carbonyl (C=O) groups excluding carboxylic acids is 2. The molecule has 0 spiro atoms. The molecule has 1 amide bonds. The fourth-order valence-corrected chi connectivity index (χ4v) is 3.59. The summed E-state index contributed by atoms with van der Waals surface area (Å²) in [6.45, 7) is 3.01. The summed E-state index contributed by atoms with van der Waals surface area (Å²) in [6.07, 6.45) is 4.17. The first-order valence-electron chi connectivity index (χ1n) is 7.72. The van der Waals surface area contributed by atoms with Crippen LogP contribution in [0.2, 0.25) is 0 Å². The van der Waals surface area contributed by atoms with E-state index in [4.69, 9.17) is 4.42 Å². The van der Waals surface area contributed by atoms with Gasteiger partial charge in [0.2, 0.25) is 0 Å². The third-order valence-corrected chi connectivity index (χ3v) is 5.03. The molecule has 1 aromatic carbocycles. The number of ketones is 1. The SMILES string of the molecule is O=C(NC12CCN(CC1)CC2)C(=O)c1coc2ccccc12. The molecule has 1 aromatic heterocycles. The molecule has 22 heavy (non-hydrogen) atoms. The molecule has 3 aliphatic rings. The van der Waals surface area contributed by atoms with Gasteiger partial charge < -0.3 is 14.6 Å². The second-order valence-electron chi connectivity index (χ2n) is 6.30. The van der Waals surface area contributed by atoms with Gasteiger partial charge in [0.15, 0.2) is 0 Å². The Labute approximate surface area is 128 Å². The van der Waals surface area contributed by atoms with Crippen molar-refractivity contribution < 1.29 is 14.0 Å². The Morgan fingerprint density at radius 2 is 1.77 bits per heavy atom. The van der Waals surface area contributed by atoms with Crippen LogP contribution in [0, 0.1) is 0 Å². The van der Waals surface area contributed by atoms with Crippen molar-refractivity contribution in [3.05, 3.63) is 36.1 Å². The average molecular weight is 298 g/mol. The zero-order chi connectivity index (χ0) is 15.2. The molecule has 0 aliphatic carbocycles. The smallest absolute Gasteiger partial charge is 0.292 e. The Bertz CT molecular complexity index is 727. The minimum absolute atomic E-state index is 0.193. The Morgan fingerprint density at radius 3 is 2.50 bits per heavy atom. The number of Topliss-reactive ketones (excluding diaryl/α,β-unsaturated/α-hetero) is 1. The molecule has 5 rings (SSSR count). The first-order valence-corrected chi connectivity index (χ1v) is 7.72. The molecule has 0 unspecified atom stereocenters. The van der Waals surface area contributed by atoms with Gasteiger partial charge >= 0.3 is 0 Å². The van der Waals surface area contributed by atoms with Crippen LogP contribution in [0.15, 0.2) is 34.9 Å². The van der Waals surface area contributed by atoms with E-state index in [2.05, 4.69) is 10.2 Å². The molecule has 2 aromatic rings. The van der Waals surface area contributed by atoms with E-state index in [1.54, 1.807) is 12.1 Å². The van der Waals surface area contributed by atoms with Gasteiger partial charge in [-0.2, -0.15) is 0 Å². The zero-order valence-electron chi connectivity index (χ0n) is 12.3. The summed E-state index contributed by atoms with van der Waals surface area (Å²) in [5, 5.41) is 3.71. The van der Waals surface area contributed by atoms with Crippen molar-refractivity contribution in [2.24, 2.45) is 0 Å². The molecule has 0 atom stereocenters. The number of nitrogens with one attached hydrogen (secondary N) is 1. The van der Waals surface area contributed by atoms with Crippen molar-refractivity contribution >= 4 is 22.7 Å². The number of benzene rings is 1. The van der Waals surface area contributed by atoms with Gasteiger partial charge in [-0.05, 0) is 25.3 Å². The van der Waals surface area contributed by atoms with E-state index < -0.39 is 11.7 Å². The Morgan fingerprint density at radius 1 is 1.09 bits per heavy atom. The molecule has 1 N–H and O–H groups in total. The molecule has 5 heteroatoms. The number of amides is 1. The minimum Gasteiger partial charge on any atom is -0.464 e. The molecule has 3 saturated heterocycles. The first-order chi connectivity index (χ1) is 10.7. The number of para-hydroxylation sites is 1. The molecule has 3 aliphatic heterocycles. The van der Waals surface area contributed by atoms with Gasteiger partial charge in [-0.1, -0.05) is 18.2 Å². The van der Waals surface area contributed by atoms with Gasteiger partial charge in [-0.15, -0.1) is 0 Å². The molecule has 5 nitrogen and oxygen atoms in total. The summed E-state index contributed by atoms with van der Waals surface area (Å²) in [6, 6.07) is 7.27. The maximum Gasteiger partial charge on any atom is 0.292 e. The topological polar surface area (TPSA) is 62.6 Å². The van der Waals surface area contributed by atoms with Crippen molar-refractivity contribution in [3.63, 3.8) is 0 Å². The predicted octanol–water partition coefficient (Wildman–Crippen LogP) is 1.97. The van der Waals surface area contributed by atoms with E-state index in [-0.39, 0.29) is 5.54 Å². The van der Waals surface area contributed by atoms with Crippen LogP contribution >= 0.6 is 0 Å². The number of nitrogens with zero attached hydrogens (tertiary/aromatic N) is 1. The number of furan rings is 1. The molecule has 2 bridgehead atoms. The lowest BCUT2D eigenvalue weighted by Crippen LogP contribution is -2.61. The Kier molecular flexibility index (Phi) is 3.04. The second-order valence-corrected chi connectivity index (χ2v) is 6.30. The van der Waals surface area contributed by atoms with E-state index in [0.29, 0.717) is 16.5 Å². The normalized spacial score (nSPS) is 27.0. The lowest BCUT2D eigenvalue weighted by molar-refractivity contribution is -0.120. The van der Waals surface area contributed by atoms with Crippen LogP contribution in [0.25, 0.3) is 11.0 Å². The molecular formula is C17H18N2O3. The lowest BCUT2D eigenvalue weighted by atomic mass is 9.80. The highest BCUT2D eigenvalue weighted by atomic mass is 16.3. The average Bonchev–Trinajstić information content (AvgIpc) is 2.99. The monoisotopic (exact) mass is 298 g/mol. The Hall–Kier alpha value is -2.14. The molecule has 0 saturated carbocycles. The number of rotatable bonds is 3. The van der Waals surface area contributed by atoms with Crippen LogP contribution in [0.4, 0.5) is 0 Å². The predicted molar refractivity (Wildman–Crippen MR) is 81.7 cm³/mol. The summed E-state index contributed by atoms with van der Waals surface area (Å²) in [5.74, 6) is -1.02. The van der Waals surface area contributed by atoms with E-state index in [9.17, 15) is 9.59 Å². The van der Waals surface area contributed by atoms with Crippen LogP contribution in [0.3, 0.4) is 0 Å². The highest BCUT2D eigenvalue weighted by molar-refractivity contribution is 6.45. The largest absolute Gasteiger partial charge is 0.464 e. The van der Waals surface area contributed by atoms with Crippen LogP contribution in [-0.4, -0.2) is 41.8 Å². The van der Waals surface area contributed by atoms with Gasteiger partial charge in [0.25, 0.3) is 11.7 Å². The minimum atomic E-state index is -0.512. The highest BCUT2D eigenvalue weighted by Gasteiger charge is 2.41.